The second-order valence-electron chi connectivity index (χ2n) is 5.26. The van der Waals surface area contributed by atoms with Gasteiger partial charge in [0.15, 0.2) is 5.69 Å². The molecule has 2 N–H and O–H groups in total. The third kappa shape index (κ3) is 3.17. The summed E-state index contributed by atoms with van der Waals surface area (Å²) in [5.74, 6) is 0.120. The molecular weight excluding hydrogens is 252 g/mol. The molecule has 1 heterocycles. The summed E-state index contributed by atoms with van der Waals surface area (Å²) in [7, 11) is 3.95. The molecule has 0 spiro atoms. The monoisotopic (exact) mass is 272 g/mol. The fraction of sp³-hybridized carbons (Fsp3) is 0.333. The molecule has 0 aliphatic heterocycles. The summed E-state index contributed by atoms with van der Waals surface area (Å²) >= 11 is 0. The minimum absolute atomic E-state index is 0.203. The topological polar surface area (TPSA) is 61.0 Å². The molecule has 2 rings (SSSR count). The van der Waals surface area contributed by atoms with Gasteiger partial charge in [-0.15, -0.1) is 0 Å². The number of hydrogen-bond acceptors (Lipinski definition) is 3. The number of amides is 1. The second kappa shape index (κ2) is 5.77. The molecule has 0 aliphatic carbocycles. The standard InChI is InChI=1S/C15H20N4O/c1-10(2)13-9-14(18-17-13)15(20)16-11-5-7-12(8-6-11)19(3)4/h5-10H,1-4H3,(H,16,20)(H,17,18). The number of nitrogens with zero attached hydrogens (tertiary/aromatic N) is 2. The fourth-order valence-electron chi connectivity index (χ4n) is 1.79. The van der Waals surface area contributed by atoms with Gasteiger partial charge in [-0.05, 0) is 36.2 Å². The largest absolute Gasteiger partial charge is 0.378 e. The molecule has 5 nitrogen and oxygen atoms in total. The molecule has 0 saturated heterocycles. The van der Waals surface area contributed by atoms with Gasteiger partial charge in [-0.25, -0.2) is 0 Å². The third-order valence-electron chi connectivity index (χ3n) is 3.09. The first kappa shape index (κ1) is 14.1. The van der Waals surface area contributed by atoms with Crippen molar-refractivity contribution in [3.8, 4) is 0 Å². The van der Waals surface area contributed by atoms with E-state index in [1.165, 1.54) is 0 Å². The highest BCUT2D eigenvalue weighted by atomic mass is 16.1. The Labute approximate surface area is 119 Å². The van der Waals surface area contributed by atoms with Gasteiger partial charge in [0.1, 0.15) is 0 Å². The summed E-state index contributed by atoms with van der Waals surface area (Å²) in [5, 5.41) is 9.75. The van der Waals surface area contributed by atoms with Gasteiger partial charge in [0.2, 0.25) is 0 Å². The van der Waals surface area contributed by atoms with E-state index in [9.17, 15) is 4.79 Å². The van der Waals surface area contributed by atoms with Crippen LogP contribution in [0.15, 0.2) is 30.3 Å². The van der Waals surface area contributed by atoms with Crippen molar-refractivity contribution >= 4 is 17.3 Å². The molecule has 0 unspecified atom stereocenters. The molecule has 0 fully saturated rings. The minimum atomic E-state index is -0.203. The zero-order valence-electron chi connectivity index (χ0n) is 12.3. The third-order valence-corrected chi connectivity index (χ3v) is 3.09. The smallest absolute Gasteiger partial charge is 0.276 e. The number of H-pyrrole nitrogens is 1. The van der Waals surface area contributed by atoms with Crippen molar-refractivity contribution in [1.29, 1.82) is 0 Å². The van der Waals surface area contributed by atoms with Crippen molar-refractivity contribution in [3.05, 3.63) is 41.7 Å². The van der Waals surface area contributed by atoms with E-state index in [0.29, 0.717) is 11.6 Å². The Bertz CT molecular complexity index is 584. The lowest BCUT2D eigenvalue weighted by molar-refractivity contribution is 0.102. The van der Waals surface area contributed by atoms with Gasteiger partial charge in [0, 0.05) is 31.2 Å². The van der Waals surface area contributed by atoms with Gasteiger partial charge in [0.05, 0.1) is 0 Å². The Balaban J connectivity index is 2.06. The van der Waals surface area contributed by atoms with E-state index in [1.54, 1.807) is 6.07 Å². The maximum absolute atomic E-state index is 12.1. The SMILES string of the molecule is CC(C)c1cc(C(=O)Nc2ccc(N(C)C)cc2)n[nH]1. The lowest BCUT2D eigenvalue weighted by Crippen LogP contribution is -2.13. The first-order valence-corrected chi connectivity index (χ1v) is 6.61. The summed E-state index contributed by atoms with van der Waals surface area (Å²) in [6.45, 7) is 4.10. The molecule has 0 atom stereocenters. The van der Waals surface area contributed by atoms with Crippen LogP contribution >= 0.6 is 0 Å². The lowest BCUT2D eigenvalue weighted by atomic mass is 10.1. The van der Waals surface area contributed by atoms with Crippen LogP contribution in [0.4, 0.5) is 11.4 Å². The number of aromatic nitrogens is 2. The zero-order chi connectivity index (χ0) is 14.7. The van der Waals surface area contributed by atoms with E-state index < -0.39 is 0 Å². The van der Waals surface area contributed by atoms with Crippen molar-refractivity contribution in [2.75, 3.05) is 24.3 Å². The van der Waals surface area contributed by atoms with Crippen LogP contribution in [0, 0.1) is 0 Å². The summed E-state index contributed by atoms with van der Waals surface area (Å²) in [4.78, 5) is 14.1. The van der Waals surface area contributed by atoms with Crippen molar-refractivity contribution in [3.63, 3.8) is 0 Å². The van der Waals surface area contributed by atoms with Crippen LogP contribution in [0.2, 0.25) is 0 Å². The molecule has 1 amide bonds. The van der Waals surface area contributed by atoms with Crippen LogP contribution in [0.3, 0.4) is 0 Å². The van der Waals surface area contributed by atoms with E-state index in [0.717, 1.165) is 17.1 Å². The minimum Gasteiger partial charge on any atom is -0.378 e. The molecule has 106 valence electrons. The molecule has 2 aromatic rings. The van der Waals surface area contributed by atoms with Crippen LogP contribution in [0.1, 0.15) is 35.9 Å². The number of benzene rings is 1. The van der Waals surface area contributed by atoms with Crippen molar-refractivity contribution < 1.29 is 4.79 Å². The van der Waals surface area contributed by atoms with E-state index >= 15 is 0 Å². The van der Waals surface area contributed by atoms with Crippen LogP contribution in [-0.4, -0.2) is 30.2 Å². The van der Waals surface area contributed by atoms with Gasteiger partial charge >= 0.3 is 0 Å². The van der Waals surface area contributed by atoms with Gasteiger partial charge in [0.25, 0.3) is 5.91 Å². The van der Waals surface area contributed by atoms with E-state index in [4.69, 9.17) is 0 Å². The van der Waals surface area contributed by atoms with Crippen LogP contribution in [0.5, 0.6) is 0 Å². The van der Waals surface area contributed by atoms with Gasteiger partial charge < -0.3 is 10.2 Å². The molecule has 0 bridgehead atoms. The quantitative estimate of drug-likeness (QED) is 0.899. The number of aromatic amines is 1. The first-order chi connectivity index (χ1) is 9.47. The number of rotatable bonds is 4. The average Bonchev–Trinajstić information content (AvgIpc) is 2.89. The lowest BCUT2D eigenvalue weighted by Gasteiger charge is -2.12. The van der Waals surface area contributed by atoms with Gasteiger partial charge in [-0.1, -0.05) is 13.8 Å². The van der Waals surface area contributed by atoms with E-state index in [-0.39, 0.29) is 5.91 Å². The van der Waals surface area contributed by atoms with Gasteiger partial charge in [-0.3, -0.25) is 9.89 Å². The molecule has 0 aliphatic rings. The van der Waals surface area contributed by atoms with Crippen LogP contribution in [-0.2, 0) is 0 Å². The van der Waals surface area contributed by atoms with Crippen molar-refractivity contribution in [2.45, 2.75) is 19.8 Å². The number of nitrogens with one attached hydrogen (secondary N) is 2. The van der Waals surface area contributed by atoms with Crippen molar-refractivity contribution in [1.82, 2.24) is 10.2 Å². The number of carbonyl (C=O) groups is 1. The van der Waals surface area contributed by atoms with E-state index in [2.05, 4.69) is 29.4 Å². The summed E-state index contributed by atoms with van der Waals surface area (Å²) in [5.41, 5.74) is 3.21. The molecule has 0 saturated carbocycles. The summed E-state index contributed by atoms with van der Waals surface area (Å²) < 4.78 is 0. The predicted octanol–water partition coefficient (Wildman–Crippen LogP) is 2.85. The fourth-order valence-corrected chi connectivity index (χ4v) is 1.79. The van der Waals surface area contributed by atoms with Crippen molar-refractivity contribution in [2.24, 2.45) is 0 Å². The number of hydrogen-bond donors (Lipinski definition) is 2. The zero-order valence-corrected chi connectivity index (χ0v) is 12.3. The first-order valence-electron chi connectivity index (χ1n) is 6.61. The number of anilines is 2. The highest BCUT2D eigenvalue weighted by molar-refractivity contribution is 6.02. The Morgan fingerprint density at radius 2 is 1.90 bits per heavy atom. The average molecular weight is 272 g/mol. The normalized spacial score (nSPS) is 10.7. The van der Waals surface area contributed by atoms with Crippen LogP contribution in [0.25, 0.3) is 0 Å². The summed E-state index contributed by atoms with van der Waals surface area (Å²) in [6, 6.07) is 9.46. The Kier molecular flexibility index (Phi) is 4.08. The number of carbonyl (C=O) groups excluding carboxylic acids is 1. The molecule has 20 heavy (non-hydrogen) atoms. The summed E-state index contributed by atoms with van der Waals surface area (Å²) in [6.07, 6.45) is 0. The predicted molar refractivity (Wildman–Crippen MR) is 81.4 cm³/mol. The highest BCUT2D eigenvalue weighted by Gasteiger charge is 2.12. The maximum Gasteiger partial charge on any atom is 0.276 e. The molecule has 0 radical (unpaired) electrons. The molecular formula is C15H20N4O. The molecule has 1 aromatic heterocycles. The second-order valence-corrected chi connectivity index (χ2v) is 5.26. The Morgan fingerprint density at radius 1 is 1.25 bits per heavy atom. The maximum atomic E-state index is 12.1. The van der Waals surface area contributed by atoms with Gasteiger partial charge in [-0.2, -0.15) is 5.10 Å². The van der Waals surface area contributed by atoms with E-state index in [1.807, 2.05) is 43.3 Å². The Hall–Kier alpha value is -2.30. The molecule has 1 aromatic carbocycles. The highest BCUT2D eigenvalue weighted by Crippen LogP contribution is 2.17. The van der Waals surface area contributed by atoms with Crippen LogP contribution < -0.4 is 10.2 Å². The molecule has 5 heteroatoms. The Morgan fingerprint density at radius 3 is 2.40 bits per heavy atom.